The monoisotopic (exact) mass is 670 g/mol. The van der Waals surface area contributed by atoms with Crippen LogP contribution in [0.1, 0.15) is 16.7 Å². The maximum atomic E-state index is 10.8. The first-order valence-corrected chi connectivity index (χ1v) is 18.2. The predicted octanol–water partition coefficient (Wildman–Crippen LogP) is 2.26. The van der Waals surface area contributed by atoms with Crippen LogP contribution in [0.25, 0.3) is 0 Å². The highest BCUT2D eigenvalue weighted by atomic mass is 32.2. The van der Waals surface area contributed by atoms with Gasteiger partial charge in [-0.3, -0.25) is 0 Å². The lowest BCUT2D eigenvalue weighted by molar-refractivity contribution is 0.595. The summed E-state index contributed by atoms with van der Waals surface area (Å²) in [5.41, 5.74) is 2.57. The lowest BCUT2D eigenvalue weighted by atomic mass is 10.2. The first-order chi connectivity index (χ1) is 19.6. The van der Waals surface area contributed by atoms with E-state index in [9.17, 15) is 33.7 Å². The molecule has 0 bridgehead atoms. The largest absolute Gasteiger partial charge is 0.238 e. The van der Waals surface area contributed by atoms with Crippen molar-refractivity contribution in [2.45, 2.75) is 40.4 Å². The number of aryl methyl sites for hydroxylation is 3. The van der Waals surface area contributed by atoms with E-state index in [2.05, 4.69) is 0 Å². The Morgan fingerprint density at radius 2 is 0.814 bits per heavy atom. The predicted molar refractivity (Wildman–Crippen MR) is 165 cm³/mol. The molecule has 4 rings (SSSR count). The van der Waals surface area contributed by atoms with Gasteiger partial charge < -0.3 is 0 Å². The number of hydrogen-bond donors (Lipinski definition) is 4. The lowest BCUT2D eigenvalue weighted by Gasteiger charge is -2.00. The summed E-state index contributed by atoms with van der Waals surface area (Å²) in [6.07, 6.45) is 0. The van der Waals surface area contributed by atoms with E-state index >= 15 is 0 Å². The second-order valence-corrected chi connectivity index (χ2v) is 15.1. The lowest BCUT2D eigenvalue weighted by Crippen LogP contribution is -2.13. The zero-order chi connectivity index (χ0) is 33.1. The molecule has 16 heteroatoms. The van der Waals surface area contributed by atoms with Crippen LogP contribution in [0.15, 0.2) is 123 Å². The number of hydrogen-bond acceptors (Lipinski definition) is 8. The molecule has 43 heavy (non-hydrogen) atoms. The van der Waals surface area contributed by atoms with E-state index in [0.717, 1.165) is 11.1 Å². The van der Waals surface area contributed by atoms with Gasteiger partial charge in [0.15, 0.2) is 0 Å². The molecule has 12 nitrogen and oxygen atoms in total. The Morgan fingerprint density at radius 1 is 0.395 bits per heavy atom. The van der Waals surface area contributed by atoms with E-state index in [-0.39, 0.29) is 19.6 Å². The molecular weight excluding hydrogens is 637 g/mol. The van der Waals surface area contributed by atoms with Crippen molar-refractivity contribution in [1.29, 1.82) is 0 Å². The van der Waals surface area contributed by atoms with Gasteiger partial charge in [0.25, 0.3) is 0 Å². The Hall–Kier alpha value is -3.48. The van der Waals surface area contributed by atoms with Crippen LogP contribution in [-0.4, -0.2) is 33.7 Å². The maximum absolute atomic E-state index is 10.8. The van der Waals surface area contributed by atoms with Gasteiger partial charge in [-0.2, -0.15) is 0 Å². The Bertz CT molecular complexity index is 1930. The number of rotatable bonds is 4. The highest BCUT2D eigenvalue weighted by Crippen LogP contribution is 2.11. The van der Waals surface area contributed by atoms with Crippen molar-refractivity contribution in [3.63, 3.8) is 0 Å². The molecule has 0 aromatic heterocycles. The van der Waals surface area contributed by atoms with Gasteiger partial charge in [-0.25, -0.2) is 54.2 Å². The molecule has 0 fully saturated rings. The summed E-state index contributed by atoms with van der Waals surface area (Å²) in [5, 5.41) is 19.5. The van der Waals surface area contributed by atoms with Gasteiger partial charge >= 0.3 is 0 Å². The average molecular weight is 671 g/mol. The van der Waals surface area contributed by atoms with Gasteiger partial charge in [-0.1, -0.05) is 66.2 Å². The average Bonchev–Trinajstić information content (AvgIpc) is 2.89. The molecule has 8 N–H and O–H groups in total. The first kappa shape index (κ1) is 37.5. The van der Waals surface area contributed by atoms with Gasteiger partial charge in [0.05, 0.1) is 19.6 Å². The molecule has 0 saturated heterocycles. The van der Waals surface area contributed by atoms with E-state index < -0.39 is 40.1 Å². The third-order valence-corrected chi connectivity index (χ3v) is 8.98. The topological polar surface area (TPSA) is 241 Å². The molecule has 0 amide bonds. The zero-order valence-electron chi connectivity index (χ0n) is 23.5. The number of nitrogens with two attached hydrogens (primary N) is 4. The fraction of sp³-hybridized carbons (Fsp3) is 0.111. The van der Waals surface area contributed by atoms with E-state index in [4.69, 9.17) is 20.6 Å². The number of benzene rings is 4. The summed E-state index contributed by atoms with van der Waals surface area (Å²) in [4.78, 5) is 0.663. The van der Waals surface area contributed by atoms with E-state index in [0.29, 0.717) is 5.56 Å². The van der Waals surface area contributed by atoms with Crippen molar-refractivity contribution in [1.82, 2.24) is 0 Å². The summed E-state index contributed by atoms with van der Waals surface area (Å²) >= 11 is 0. The summed E-state index contributed by atoms with van der Waals surface area (Å²) in [6.45, 7) is 5.40. The fourth-order valence-corrected chi connectivity index (χ4v) is 5.46. The molecule has 0 radical (unpaired) electrons. The van der Waals surface area contributed by atoms with Gasteiger partial charge in [0.1, 0.15) is 0 Å². The third-order valence-electron chi connectivity index (χ3n) is 5.14. The van der Waals surface area contributed by atoms with Gasteiger partial charge in [-0.15, -0.1) is 0 Å². The Kier molecular flexibility index (Phi) is 13.8. The van der Waals surface area contributed by atoms with Crippen molar-refractivity contribution in [2.75, 3.05) is 0 Å². The summed E-state index contributed by atoms with van der Waals surface area (Å²) in [5.74, 6) is 0. The minimum Gasteiger partial charge on any atom is -0.225 e. The Balaban J connectivity index is 0.000000287. The number of sulfonamides is 4. The highest BCUT2D eigenvalue weighted by molar-refractivity contribution is 7.90. The van der Waals surface area contributed by atoms with Crippen LogP contribution in [0.5, 0.6) is 0 Å². The zero-order valence-corrected chi connectivity index (χ0v) is 26.8. The minimum absolute atomic E-state index is 0.148. The van der Waals surface area contributed by atoms with E-state index in [1.54, 1.807) is 61.5 Å². The molecular formula is C27H34N4O8S4. The smallest absolute Gasteiger partial charge is 0.225 e. The SMILES string of the molecule is Cc1ccc(S(N)(=O)=O)cc1.Cc1cccc(S(N)(=O)=O)c1.Cc1ccccc1S(N)(=O)=O.NS(=O)(=O)c1ccccc1. The fourth-order valence-electron chi connectivity index (χ4n) is 3.01. The van der Waals surface area contributed by atoms with Crippen LogP contribution < -0.4 is 20.6 Å². The second-order valence-electron chi connectivity index (χ2n) is 8.89. The summed E-state index contributed by atoms with van der Waals surface area (Å²) in [7, 11) is -14.1. The maximum Gasteiger partial charge on any atom is 0.238 e. The normalized spacial score (nSPS) is 11.4. The van der Waals surface area contributed by atoms with Crippen molar-refractivity contribution in [3.05, 3.63) is 120 Å². The quantitative estimate of drug-likeness (QED) is 0.250. The summed E-state index contributed by atoms with van der Waals surface area (Å²) < 4.78 is 85.9. The highest BCUT2D eigenvalue weighted by Gasteiger charge is 2.09. The van der Waals surface area contributed by atoms with Gasteiger partial charge in [0, 0.05) is 0 Å². The van der Waals surface area contributed by atoms with Gasteiger partial charge in [0.2, 0.25) is 40.1 Å². The Morgan fingerprint density at radius 3 is 1.16 bits per heavy atom. The molecule has 0 aliphatic carbocycles. The van der Waals surface area contributed by atoms with E-state index in [1.807, 2.05) is 19.9 Å². The van der Waals surface area contributed by atoms with Crippen molar-refractivity contribution >= 4 is 40.1 Å². The molecule has 0 spiro atoms. The minimum atomic E-state index is -3.53. The standard InChI is InChI=1S/3C7H9NO2S.C6H7NO2S/c1-6-2-4-7(5-3-6)11(8,9)10;1-6-3-2-4-7(5-6)11(8,9)10;1-6-4-2-3-5-7(6)11(8,9)10;7-10(8,9)6-4-2-1-3-5-6/h3*2-5H,1H3,(H2,8,9,10);1-5H,(H2,7,8,9). The van der Waals surface area contributed by atoms with Crippen LogP contribution in [0.4, 0.5) is 0 Å². The molecule has 4 aromatic carbocycles. The van der Waals surface area contributed by atoms with Crippen LogP contribution in [0.2, 0.25) is 0 Å². The third kappa shape index (κ3) is 14.5. The molecule has 0 saturated carbocycles. The van der Waals surface area contributed by atoms with E-state index in [1.165, 1.54) is 42.5 Å². The molecule has 0 aliphatic rings. The van der Waals surface area contributed by atoms with Crippen molar-refractivity contribution in [3.8, 4) is 0 Å². The van der Waals surface area contributed by atoms with Gasteiger partial charge in [-0.05, 0) is 74.4 Å². The van der Waals surface area contributed by atoms with Crippen LogP contribution >= 0.6 is 0 Å². The molecule has 0 aliphatic heterocycles. The second kappa shape index (κ2) is 15.8. The molecule has 234 valence electrons. The Labute approximate surface area is 253 Å². The van der Waals surface area contributed by atoms with Crippen molar-refractivity contribution < 1.29 is 33.7 Å². The van der Waals surface area contributed by atoms with Crippen molar-refractivity contribution in [2.24, 2.45) is 20.6 Å². The summed E-state index contributed by atoms with van der Waals surface area (Å²) in [6, 6.07) is 27.4. The van der Waals surface area contributed by atoms with Crippen LogP contribution in [0.3, 0.4) is 0 Å². The van der Waals surface area contributed by atoms with Crippen LogP contribution in [0, 0.1) is 20.8 Å². The number of primary sulfonamides is 4. The molecule has 0 atom stereocenters. The molecule has 0 unspecified atom stereocenters. The molecule has 0 heterocycles. The molecule has 4 aromatic rings. The first-order valence-electron chi connectivity index (χ1n) is 12.0. The van der Waals surface area contributed by atoms with Crippen LogP contribution in [-0.2, 0) is 40.1 Å².